The van der Waals surface area contributed by atoms with E-state index in [9.17, 15) is 13.2 Å². The van der Waals surface area contributed by atoms with Crippen LogP contribution in [0.1, 0.15) is 11.4 Å². The van der Waals surface area contributed by atoms with Crippen molar-refractivity contribution in [1.82, 2.24) is 9.97 Å². The molecule has 21 heavy (non-hydrogen) atoms. The van der Waals surface area contributed by atoms with E-state index in [-0.39, 0.29) is 10.6 Å². The molecule has 1 amide bonds. The number of benzene rings is 1. The molecule has 0 aliphatic carbocycles. The minimum absolute atomic E-state index is 0.112. The zero-order valence-electron chi connectivity index (χ0n) is 11.5. The molecular weight excluding hydrogens is 292 g/mol. The molecule has 0 aliphatic heterocycles. The third kappa shape index (κ3) is 3.41. The van der Waals surface area contributed by atoms with Crippen LogP contribution in [0.2, 0.25) is 0 Å². The second-order valence-corrected chi connectivity index (χ2v) is 6.02. The number of amides is 1. The fourth-order valence-corrected chi connectivity index (χ4v) is 2.66. The number of anilines is 1. The smallest absolute Gasteiger partial charge is 0.240 e. The van der Waals surface area contributed by atoms with Gasteiger partial charge in [-0.25, -0.2) is 23.5 Å². The summed E-state index contributed by atoms with van der Waals surface area (Å²) in [6.07, 6.45) is 0.386. The number of carbonyl (C=O) groups excluding carboxylic acids is 1. The lowest BCUT2D eigenvalue weighted by atomic mass is 10.2. The summed E-state index contributed by atoms with van der Waals surface area (Å²) in [7, 11) is -3.98. The van der Waals surface area contributed by atoms with Crippen LogP contribution in [0.4, 0.5) is 5.69 Å². The molecule has 1 aromatic heterocycles. The summed E-state index contributed by atoms with van der Waals surface area (Å²) >= 11 is 0. The average Bonchev–Trinajstić information content (AvgIpc) is 2.37. The summed E-state index contributed by atoms with van der Waals surface area (Å²) in [5.74, 6) is 0.398. The average molecular weight is 306 g/mol. The zero-order valence-corrected chi connectivity index (χ0v) is 12.3. The number of primary sulfonamides is 1. The number of rotatable bonds is 4. The van der Waals surface area contributed by atoms with Gasteiger partial charge in [0.15, 0.2) is 5.82 Å². The van der Waals surface area contributed by atoms with Gasteiger partial charge in [0.1, 0.15) is 4.90 Å². The van der Waals surface area contributed by atoms with Crippen molar-refractivity contribution in [2.75, 3.05) is 5.32 Å². The third-order valence-corrected chi connectivity index (χ3v) is 3.69. The summed E-state index contributed by atoms with van der Waals surface area (Å²) in [4.78, 5) is 18.9. The summed E-state index contributed by atoms with van der Waals surface area (Å²) < 4.78 is 23.3. The standard InChI is InChI=1S/C13H14N4O3S/c1-8-5-9(2)17-13(16-8)10-3-4-11(15-7-18)12(6-10)21(14,19)20/h3-7H,1-2H3,(H,15,18)(H2,14,19,20). The fourth-order valence-electron chi connectivity index (χ4n) is 1.93. The van der Waals surface area contributed by atoms with Crippen LogP contribution in [0, 0.1) is 13.8 Å². The van der Waals surface area contributed by atoms with Crippen molar-refractivity contribution in [3.63, 3.8) is 0 Å². The number of nitrogens with one attached hydrogen (secondary N) is 1. The van der Waals surface area contributed by atoms with Crippen LogP contribution in [0.25, 0.3) is 11.4 Å². The van der Waals surface area contributed by atoms with Crippen LogP contribution in [-0.4, -0.2) is 24.8 Å². The maximum Gasteiger partial charge on any atom is 0.240 e. The van der Waals surface area contributed by atoms with Crippen molar-refractivity contribution in [2.24, 2.45) is 5.14 Å². The van der Waals surface area contributed by atoms with Gasteiger partial charge in [0.2, 0.25) is 16.4 Å². The van der Waals surface area contributed by atoms with Crippen LogP contribution in [0.3, 0.4) is 0 Å². The second-order valence-electron chi connectivity index (χ2n) is 4.49. The molecule has 110 valence electrons. The van der Waals surface area contributed by atoms with Crippen LogP contribution in [-0.2, 0) is 14.8 Å². The summed E-state index contributed by atoms with van der Waals surface area (Å²) in [5, 5.41) is 7.47. The van der Waals surface area contributed by atoms with E-state index < -0.39 is 10.0 Å². The molecule has 0 aliphatic rings. The van der Waals surface area contributed by atoms with Gasteiger partial charge >= 0.3 is 0 Å². The SMILES string of the molecule is Cc1cc(C)nc(-c2ccc(NC=O)c(S(N)(=O)=O)c2)n1. The lowest BCUT2D eigenvalue weighted by Crippen LogP contribution is -2.15. The van der Waals surface area contributed by atoms with Gasteiger partial charge in [-0.2, -0.15) is 0 Å². The monoisotopic (exact) mass is 306 g/mol. The van der Waals surface area contributed by atoms with Crippen LogP contribution < -0.4 is 10.5 Å². The van der Waals surface area contributed by atoms with Crippen LogP contribution in [0.15, 0.2) is 29.2 Å². The predicted molar refractivity (Wildman–Crippen MR) is 78.0 cm³/mol. The largest absolute Gasteiger partial charge is 0.328 e. The Balaban J connectivity index is 2.64. The van der Waals surface area contributed by atoms with E-state index in [2.05, 4.69) is 15.3 Å². The fraction of sp³-hybridized carbons (Fsp3) is 0.154. The van der Waals surface area contributed by atoms with E-state index in [0.29, 0.717) is 17.8 Å². The van der Waals surface area contributed by atoms with Gasteiger partial charge in [-0.1, -0.05) is 0 Å². The minimum atomic E-state index is -3.98. The maximum atomic E-state index is 11.6. The molecule has 0 spiro atoms. The Morgan fingerprint density at radius 2 is 1.76 bits per heavy atom. The second kappa shape index (κ2) is 5.58. The molecule has 0 radical (unpaired) electrons. The lowest BCUT2D eigenvalue weighted by molar-refractivity contribution is -0.105. The zero-order chi connectivity index (χ0) is 15.6. The number of nitrogens with two attached hydrogens (primary N) is 1. The van der Waals surface area contributed by atoms with E-state index >= 15 is 0 Å². The number of carbonyl (C=O) groups is 1. The molecular formula is C13H14N4O3S. The van der Waals surface area contributed by atoms with Crippen molar-refractivity contribution < 1.29 is 13.2 Å². The molecule has 0 saturated heterocycles. The highest BCUT2D eigenvalue weighted by Crippen LogP contribution is 2.26. The normalized spacial score (nSPS) is 11.2. The first-order valence-electron chi connectivity index (χ1n) is 6.01. The number of hydrogen-bond donors (Lipinski definition) is 2. The van der Waals surface area contributed by atoms with E-state index in [4.69, 9.17) is 5.14 Å². The maximum absolute atomic E-state index is 11.6. The van der Waals surface area contributed by atoms with Crippen molar-refractivity contribution >= 4 is 22.1 Å². The molecule has 7 nitrogen and oxygen atoms in total. The van der Waals surface area contributed by atoms with Gasteiger partial charge in [-0.05, 0) is 38.1 Å². The van der Waals surface area contributed by atoms with Gasteiger partial charge in [-0.15, -0.1) is 0 Å². The number of hydrogen-bond acceptors (Lipinski definition) is 5. The van der Waals surface area contributed by atoms with Gasteiger partial charge < -0.3 is 5.32 Å². The lowest BCUT2D eigenvalue weighted by Gasteiger charge is -2.09. The van der Waals surface area contributed by atoms with Gasteiger partial charge in [-0.3, -0.25) is 4.79 Å². The molecule has 2 aromatic rings. The van der Waals surface area contributed by atoms with Crippen molar-refractivity contribution in [3.8, 4) is 11.4 Å². The number of nitrogens with zero attached hydrogens (tertiary/aromatic N) is 2. The van der Waals surface area contributed by atoms with Crippen molar-refractivity contribution in [2.45, 2.75) is 18.7 Å². The van der Waals surface area contributed by atoms with Gasteiger partial charge in [0, 0.05) is 17.0 Å². The summed E-state index contributed by atoms with van der Waals surface area (Å²) in [5.41, 5.74) is 2.15. The Morgan fingerprint density at radius 3 is 2.29 bits per heavy atom. The summed E-state index contributed by atoms with van der Waals surface area (Å²) in [6.45, 7) is 3.64. The predicted octanol–water partition coefficient (Wildman–Crippen LogP) is 0.976. The molecule has 0 fully saturated rings. The van der Waals surface area contributed by atoms with E-state index in [1.807, 2.05) is 19.9 Å². The molecule has 0 saturated carbocycles. The third-order valence-electron chi connectivity index (χ3n) is 2.74. The molecule has 8 heteroatoms. The highest BCUT2D eigenvalue weighted by Gasteiger charge is 2.16. The van der Waals surface area contributed by atoms with Crippen molar-refractivity contribution in [1.29, 1.82) is 0 Å². The number of aryl methyl sites for hydroxylation is 2. The van der Waals surface area contributed by atoms with Crippen LogP contribution in [0.5, 0.6) is 0 Å². The Labute approximate surface area is 122 Å². The first kappa shape index (κ1) is 15.1. The number of aromatic nitrogens is 2. The Bertz CT molecular complexity index is 783. The number of sulfonamides is 1. The highest BCUT2D eigenvalue weighted by atomic mass is 32.2. The van der Waals surface area contributed by atoms with Crippen LogP contribution >= 0.6 is 0 Å². The molecule has 3 N–H and O–H groups in total. The van der Waals surface area contributed by atoms with Gasteiger partial charge in [0.25, 0.3) is 0 Å². The minimum Gasteiger partial charge on any atom is -0.328 e. The van der Waals surface area contributed by atoms with E-state index in [1.165, 1.54) is 12.1 Å². The van der Waals surface area contributed by atoms with Crippen molar-refractivity contribution in [3.05, 3.63) is 35.7 Å². The molecule has 1 aromatic carbocycles. The Hall–Kier alpha value is -2.32. The first-order chi connectivity index (χ1) is 9.81. The molecule has 0 atom stereocenters. The van der Waals surface area contributed by atoms with E-state index in [1.54, 1.807) is 6.07 Å². The Morgan fingerprint density at radius 1 is 1.14 bits per heavy atom. The van der Waals surface area contributed by atoms with Gasteiger partial charge in [0.05, 0.1) is 5.69 Å². The van der Waals surface area contributed by atoms with E-state index in [0.717, 1.165) is 11.4 Å². The first-order valence-corrected chi connectivity index (χ1v) is 7.55. The molecule has 0 unspecified atom stereocenters. The molecule has 2 rings (SSSR count). The molecule has 1 heterocycles. The molecule has 0 bridgehead atoms. The Kier molecular flexibility index (Phi) is 4.01. The topological polar surface area (TPSA) is 115 Å². The summed E-state index contributed by atoms with van der Waals surface area (Å²) in [6, 6.07) is 6.22. The quantitative estimate of drug-likeness (QED) is 0.817. The highest BCUT2D eigenvalue weighted by molar-refractivity contribution is 7.89.